The monoisotopic (exact) mass is 293 g/mol. The van der Waals surface area contributed by atoms with Crippen LogP contribution in [0.5, 0.6) is 0 Å². The minimum Gasteiger partial charge on any atom is -0.344 e. The van der Waals surface area contributed by atoms with E-state index in [1.54, 1.807) is 0 Å². The standard InChI is InChI=1S/C13H19N5OS/c1-3-4-16-5-7-17(8-6-16)13-15-18-11(19)9-10(2)14-12(18)20-13/h9H,3-8H2,1-2H3. The Bertz CT molecular complexity index is 656. The number of piperazine rings is 1. The van der Waals surface area contributed by atoms with Gasteiger partial charge in [-0.1, -0.05) is 18.3 Å². The molecule has 6 nitrogen and oxygen atoms in total. The van der Waals surface area contributed by atoms with E-state index in [1.807, 2.05) is 6.92 Å². The van der Waals surface area contributed by atoms with Gasteiger partial charge in [0.25, 0.3) is 5.56 Å². The fourth-order valence-corrected chi connectivity index (χ4v) is 3.52. The largest absolute Gasteiger partial charge is 0.344 e. The molecular weight excluding hydrogens is 274 g/mol. The van der Waals surface area contributed by atoms with Crippen LogP contribution in [0.2, 0.25) is 0 Å². The Hall–Kier alpha value is -1.47. The molecule has 0 spiro atoms. The molecule has 0 atom stereocenters. The molecular formula is C13H19N5OS. The van der Waals surface area contributed by atoms with E-state index in [9.17, 15) is 4.79 Å². The van der Waals surface area contributed by atoms with Gasteiger partial charge in [0, 0.05) is 37.9 Å². The number of rotatable bonds is 3. The highest BCUT2D eigenvalue weighted by atomic mass is 32.1. The molecule has 0 bridgehead atoms. The highest BCUT2D eigenvalue weighted by Crippen LogP contribution is 2.22. The summed E-state index contributed by atoms with van der Waals surface area (Å²) in [6, 6.07) is 1.52. The van der Waals surface area contributed by atoms with E-state index in [0.717, 1.165) is 43.5 Å². The van der Waals surface area contributed by atoms with Gasteiger partial charge in [-0.2, -0.15) is 4.52 Å². The van der Waals surface area contributed by atoms with Crippen molar-refractivity contribution in [1.29, 1.82) is 0 Å². The van der Waals surface area contributed by atoms with Crippen molar-refractivity contribution in [3.8, 4) is 0 Å². The Labute approximate surface area is 121 Å². The lowest BCUT2D eigenvalue weighted by Gasteiger charge is -2.34. The molecule has 3 heterocycles. The Morgan fingerprint density at radius 2 is 2.05 bits per heavy atom. The van der Waals surface area contributed by atoms with E-state index in [1.165, 1.54) is 28.3 Å². The first-order valence-electron chi connectivity index (χ1n) is 7.02. The molecule has 0 radical (unpaired) electrons. The second-order valence-electron chi connectivity index (χ2n) is 5.14. The van der Waals surface area contributed by atoms with Gasteiger partial charge < -0.3 is 4.90 Å². The number of anilines is 1. The molecule has 0 N–H and O–H groups in total. The second kappa shape index (κ2) is 5.49. The van der Waals surface area contributed by atoms with Gasteiger partial charge in [0.1, 0.15) is 0 Å². The minimum absolute atomic E-state index is 0.0976. The molecule has 0 amide bonds. The Morgan fingerprint density at radius 3 is 2.75 bits per heavy atom. The molecule has 0 aliphatic carbocycles. The van der Waals surface area contributed by atoms with Crippen LogP contribution >= 0.6 is 11.3 Å². The van der Waals surface area contributed by atoms with Crippen LogP contribution in [0.25, 0.3) is 4.96 Å². The fraction of sp³-hybridized carbons (Fsp3) is 0.615. The van der Waals surface area contributed by atoms with Gasteiger partial charge >= 0.3 is 0 Å². The molecule has 1 aliphatic rings. The summed E-state index contributed by atoms with van der Waals surface area (Å²) in [5.74, 6) is 0. The summed E-state index contributed by atoms with van der Waals surface area (Å²) < 4.78 is 1.41. The van der Waals surface area contributed by atoms with Gasteiger partial charge in [0.2, 0.25) is 10.1 Å². The summed E-state index contributed by atoms with van der Waals surface area (Å²) >= 11 is 1.49. The van der Waals surface area contributed by atoms with E-state index >= 15 is 0 Å². The first-order chi connectivity index (χ1) is 9.67. The van der Waals surface area contributed by atoms with Crippen LogP contribution in [-0.4, -0.2) is 52.2 Å². The van der Waals surface area contributed by atoms with Crippen molar-refractivity contribution in [2.45, 2.75) is 20.3 Å². The Morgan fingerprint density at radius 1 is 1.30 bits per heavy atom. The average Bonchev–Trinajstić information content (AvgIpc) is 2.84. The smallest absolute Gasteiger partial charge is 0.275 e. The summed E-state index contributed by atoms with van der Waals surface area (Å²) in [7, 11) is 0. The van der Waals surface area contributed by atoms with E-state index in [0.29, 0.717) is 4.96 Å². The van der Waals surface area contributed by atoms with Crippen molar-refractivity contribution in [2.24, 2.45) is 0 Å². The van der Waals surface area contributed by atoms with Crippen LogP contribution in [-0.2, 0) is 0 Å². The van der Waals surface area contributed by atoms with Crippen molar-refractivity contribution in [3.05, 3.63) is 22.1 Å². The molecule has 1 saturated heterocycles. The first kappa shape index (κ1) is 13.5. The van der Waals surface area contributed by atoms with Crippen LogP contribution in [0.15, 0.2) is 10.9 Å². The Balaban J connectivity index is 1.82. The molecule has 20 heavy (non-hydrogen) atoms. The van der Waals surface area contributed by atoms with Gasteiger partial charge in [-0.3, -0.25) is 9.69 Å². The molecule has 7 heteroatoms. The maximum absolute atomic E-state index is 11.9. The first-order valence-corrected chi connectivity index (χ1v) is 7.84. The third kappa shape index (κ3) is 2.55. The normalized spacial score (nSPS) is 17.0. The lowest BCUT2D eigenvalue weighted by Crippen LogP contribution is -2.46. The van der Waals surface area contributed by atoms with Crippen molar-refractivity contribution in [3.63, 3.8) is 0 Å². The van der Waals surface area contributed by atoms with Gasteiger partial charge in [-0.25, -0.2) is 4.98 Å². The SMILES string of the molecule is CCCN1CCN(c2nn3c(=O)cc(C)nc3s2)CC1. The summed E-state index contributed by atoms with van der Waals surface area (Å²) in [6.07, 6.45) is 1.19. The molecule has 2 aromatic heterocycles. The van der Waals surface area contributed by atoms with E-state index in [2.05, 4.69) is 26.8 Å². The van der Waals surface area contributed by atoms with Crippen molar-refractivity contribution in [1.82, 2.24) is 19.5 Å². The summed E-state index contributed by atoms with van der Waals surface area (Å²) in [5.41, 5.74) is 0.651. The highest BCUT2D eigenvalue weighted by molar-refractivity contribution is 7.20. The van der Waals surface area contributed by atoms with E-state index in [-0.39, 0.29) is 5.56 Å². The molecule has 1 aliphatic heterocycles. The highest BCUT2D eigenvalue weighted by Gasteiger charge is 2.20. The maximum Gasteiger partial charge on any atom is 0.275 e. The number of nitrogens with zero attached hydrogens (tertiary/aromatic N) is 5. The molecule has 3 rings (SSSR count). The van der Waals surface area contributed by atoms with Crippen molar-refractivity contribution >= 4 is 21.4 Å². The zero-order valence-corrected chi connectivity index (χ0v) is 12.7. The quantitative estimate of drug-likeness (QED) is 0.845. The third-order valence-electron chi connectivity index (χ3n) is 3.55. The van der Waals surface area contributed by atoms with Crippen LogP contribution < -0.4 is 10.5 Å². The van der Waals surface area contributed by atoms with Crippen LogP contribution in [0.1, 0.15) is 19.0 Å². The zero-order chi connectivity index (χ0) is 14.1. The topological polar surface area (TPSA) is 53.7 Å². The maximum atomic E-state index is 11.9. The second-order valence-corrected chi connectivity index (χ2v) is 6.08. The van der Waals surface area contributed by atoms with Crippen molar-refractivity contribution < 1.29 is 0 Å². The molecule has 0 unspecified atom stereocenters. The van der Waals surface area contributed by atoms with Gasteiger partial charge in [0.15, 0.2) is 0 Å². The predicted molar refractivity (Wildman–Crippen MR) is 80.8 cm³/mol. The van der Waals surface area contributed by atoms with Crippen LogP contribution in [0, 0.1) is 6.92 Å². The summed E-state index contributed by atoms with van der Waals surface area (Å²) in [5, 5.41) is 5.32. The van der Waals surface area contributed by atoms with Crippen molar-refractivity contribution in [2.75, 3.05) is 37.6 Å². The number of aryl methyl sites for hydroxylation is 1. The molecule has 0 saturated carbocycles. The van der Waals surface area contributed by atoms with Gasteiger partial charge in [-0.05, 0) is 19.9 Å². The van der Waals surface area contributed by atoms with E-state index in [4.69, 9.17) is 0 Å². The molecule has 0 aromatic carbocycles. The molecule has 2 aromatic rings. The van der Waals surface area contributed by atoms with E-state index < -0.39 is 0 Å². The number of fused-ring (bicyclic) bond motifs is 1. The molecule has 1 fully saturated rings. The summed E-state index contributed by atoms with van der Waals surface area (Å²) in [4.78, 5) is 21.7. The lowest BCUT2D eigenvalue weighted by atomic mass is 10.3. The lowest BCUT2D eigenvalue weighted by molar-refractivity contribution is 0.258. The fourth-order valence-electron chi connectivity index (χ4n) is 2.52. The van der Waals surface area contributed by atoms with Gasteiger partial charge in [-0.15, -0.1) is 5.10 Å². The van der Waals surface area contributed by atoms with Crippen LogP contribution in [0.3, 0.4) is 0 Å². The summed E-state index contributed by atoms with van der Waals surface area (Å²) in [6.45, 7) is 9.26. The van der Waals surface area contributed by atoms with Crippen LogP contribution in [0.4, 0.5) is 5.13 Å². The third-order valence-corrected chi connectivity index (χ3v) is 4.51. The number of hydrogen-bond acceptors (Lipinski definition) is 6. The number of aromatic nitrogens is 3. The zero-order valence-electron chi connectivity index (χ0n) is 11.9. The van der Waals surface area contributed by atoms with Gasteiger partial charge in [0.05, 0.1) is 0 Å². The Kier molecular flexibility index (Phi) is 3.71. The number of hydrogen-bond donors (Lipinski definition) is 0. The molecule has 108 valence electrons. The average molecular weight is 293 g/mol. The minimum atomic E-state index is -0.0976. The predicted octanol–water partition coefficient (Wildman–Crippen LogP) is 0.991.